The second-order valence-electron chi connectivity index (χ2n) is 6.45. The van der Waals surface area contributed by atoms with Gasteiger partial charge in [-0.25, -0.2) is 0 Å². The summed E-state index contributed by atoms with van der Waals surface area (Å²) in [5, 5.41) is 0.691. The van der Waals surface area contributed by atoms with Crippen LogP contribution in [0.5, 0.6) is 5.75 Å². The van der Waals surface area contributed by atoms with Gasteiger partial charge in [-0.05, 0) is 50.8 Å². The van der Waals surface area contributed by atoms with E-state index in [1.54, 1.807) is 0 Å². The van der Waals surface area contributed by atoms with Gasteiger partial charge >= 0.3 is 0 Å². The molecule has 0 amide bonds. The second kappa shape index (κ2) is 6.15. The Labute approximate surface area is 131 Å². The minimum absolute atomic E-state index is 0.0932. The third kappa shape index (κ3) is 3.36. The van der Waals surface area contributed by atoms with E-state index >= 15 is 0 Å². The van der Waals surface area contributed by atoms with Gasteiger partial charge < -0.3 is 15.2 Å². The molecule has 1 heterocycles. The van der Waals surface area contributed by atoms with Crippen molar-refractivity contribution in [2.24, 2.45) is 5.73 Å². The van der Waals surface area contributed by atoms with Gasteiger partial charge in [0.1, 0.15) is 12.4 Å². The van der Waals surface area contributed by atoms with E-state index in [0.717, 1.165) is 17.7 Å². The third-order valence-electron chi connectivity index (χ3n) is 4.74. The minimum Gasteiger partial charge on any atom is -0.491 e. The van der Waals surface area contributed by atoms with Crippen LogP contribution in [0.2, 0.25) is 5.02 Å². The van der Waals surface area contributed by atoms with E-state index in [-0.39, 0.29) is 17.7 Å². The maximum absolute atomic E-state index is 6.27. The van der Waals surface area contributed by atoms with Gasteiger partial charge in [-0.2, -0.15) is 0 Å². The summed E-state index contributed by atoms with van der Waals surface area (Å²) in [6, 6.07) is 5.54. The molecule has 21 heavy (non-hydrogen) atoms. The zero-order valence-electron chi connectivity index (χ0n) is 12.6. The molecule has 3 nitrogen and oxygen atoms in total. The fraction of sp³-hybridized carbons (Fsp3) is 0.647. The molecule has 0 radical (unpaired) electrons. The van der Waals surface area contributed by atoms with E-state index in [1.807, 2.05) is 25.1 Å². The maximum Gasteiger partial charge on any atom is 0.124 e. The summed E-state index contributed by atoms with van der Waals surface area (Å²) in [6.07, 6.45) is 7.53. The molecular weight excluding hydrogens is 286 g/mol. The molecular formula is C17H24ClNO2. The molecule has 1 unspecified atom stereocenters. The van der Waals surface area contributed by atoms with Crippen molar-refractivity contribution in [1.82, 2.24) is 0 Å². The van der Waals surface area contributed by atoms with Crippen LogP contribution in [0.15, 0.2) is 18.2 Å². The Hall–Kier alpha value is -0.770. The van der Waals surface area contributed by atoms with Gasteiger partial charge in [-0.15, -0.1) is 0 Å². The van der Waals surface area contributed by atoms with Crippen molar-refractivity contribution in [3.05, 3.63) is 28.8 Å². The van der Waals surface area contributed by atoms with E-state index in [9.17, 15) is 0 Å². The number of hydrogen-bond acceptors (Lipinski definition) is 3. The molecule has 1 aliphatic heterocycles. The number of nitrogens with two attached hydrogens (primary N) is 1. The van der Waals surface area contributed by atoms with E-state index in [1.165, 1.54) is 32.1 Å². The highest BCUT2D eigenvalue weighted by molar-refractivity contribution is 6.30. The highest BCUT2D eigenvalue weighted by Gasteiger charge is 2.42. The van der Waals surface area contributed by atoms with Crippen molar-refractivity contribution < 1.29 is 9.47 Å². The Morgan fingerprint density at radius 1 is 1.38 bits per heavy atom. The van der Waals surface area contributed by atoms with Gasteiger partial charge in [0, 0.05) is 16.6 Å². The first-order valence-electron chi connectivity index (χ1n) is 7.94. The SMILES string of the molecule is C[C@@H](N)c1cc(Cl)ccc1OCC1CCC2(CCCC2)O1. The van der Waals surface area contributed by atoms with Crippen LogP contribution in [0.25, 0.3) is 0 Å². The van der Waals surface area contributed by atoms with Crippen molar-refractivity contribution in [1.29, 1.82) is 0 Å². The van der Waals surface area contributed by atoms with Crippen molar-refractivity contribution in [2.45, 2.75) is 63.2 Å². The predicted molar refractivity (Wildman–Crippen MR) is 84.9 cm³/mol. The molecule has 0 bridgehead atoms. The molecule has 2 aliphatic rings. The highest BCUT2D eigenvalue weighted by atomic mass is 35.5. The van der Waals surface area contributed by atoms with Gasteiger partial charge in [-0.3, -0.25) is 0 Å². The first-order chi connectivity index (χ1) is 10.1. The summed E-state index contributed by atoms with van der Waals surface area (Å²) in [6.45, 7) is 2.54. The quantitative estimate of drug-likeness (QED) is 0.905. The fourth-order valence-electron chi connectivity index (χ4n) is 3.59. The molecule has 3 rings (SSSR count). The van der Waals surface area contributed by atoms with Gasteiger partial charge in [0.25, 0.3) is 0 Å². The van der Waals surface area contributed by atoms with Crippen LogP contribution in [0.4, 0.5) is 0 Å². The van der Waals surface area contributed by atoms with E-state index in [2.05, 4.69) is 0 Å². The standard InChI is InChI=1S/C17H24ClNO2/c1-12(19)15-10-13(18)4-5-16(15)20-11-14-6-9-17(21-14)7-2-3-8-17/h4-5,10,12,14H,2-3,6-9,11,19H2,1H3/t12-,14?/m1/s1. The van der Waals surface area contributed by atoms with Crippen LogP contribution in [0, 0.1) is 0 Å². The van der Waals surface area contributed by atoms with Gasteiger partial charge in [0.05, 0.1) is 11.7 Å². The Morgan fingerprint density at radius 2 is 2.14 bits per heavy atom. The molecule has 1 aromatic rings. The molecule has 116 valence electrons. The molecule has 2 atom stereocenters. The second-order valence-corrected chi connectivity index (χ2v) is 6.89. The summed E-state index contributed by atoms with van der Waals surface area (Å²) < 4.78 is 12.2. The van der Waals surface area contributed by atoms with Gasteiger partial charge in [0.15, 0.2) is 0 Å². The summed E-state index contributed by atoms with van der Waals surface area (Å²) in [5.74, 6) is 0.824. The lowest BCUT2D eigenvalue weighted by Gasteiger charge is -2.24. The Kier molecular flexibility index (Phi) is 4.43. The van der Waals surface area contributed by atoms with Crippen LogP contribution in [-0.2, 0) is 4.74 Å². The molecule has 0 aromatic heterocycles. The number of benzene rings is 1. The van der Waals surface area contributed by atoms with Crippen LogP contribution in [0.3, 0.4) is 0 Å². The van der Waals surface area contributed by atoms with Crippen molar-refractivity contribution in [3.63, 3.8) is 0 Å². The van der Waals surface area contributed by atoms with E-state index in [4.69, 9.17) is 26.8 Å². The average molecular weight is 310 g/mol. The number of ether oxygens (including phenoxy) is 2. The normalized spacial score (nSPS) is 25.4. The summed E-state index contributed by atoms with van der Waals surface area (Å²) in [7, 11) is 0. The van der Waals surface area contributed by atoms with Crippen LogP contribution < -0.4 is 10.5 Å². The van der Waals surface area contributed by atoms with Gasteiger partial charge in [0.2, 0.25) is 0 Å². The molecule has 1 aliphatic carbocycles. The average Bonchev–Trinajstić information content (AvgIpc) is 3.08. The van der Waals surface area contributed by atoms with E-state index < -0.39 is 0 Å². The summed E-state index contributed by atoms with van der Waals surface area (Å²) in [4.78, 5) is 0. The lowest BCUT2D eigenvalue weighted by Crippen LogP contribution is -2.27. The Balaban J connectivity index is 1.61. The molecule has 1 saturated heterocycles. The smallest absolute Gasteiger partial charge is 0.124 e. The number of hydrogen-bond donors (Lipinski definition) is 1. The van der Waals surface area contributed by atoms with Gasteiger partial charge in [-0.1, -0.05) is 24.4 Å². The zero-order valence-corrected chi connectivity index (χ0v) is 13.4. The number of halogens is 1. The van der Waals surface area contributed by atoms with Crippen LogP contribution in [-0.4, -0.2) is 18.3 Å². The van der Waals surface area contributed by atoms with Crippen molar-refractivity contribution in [3.8, 4) is 5.75 Å². The zero-order chi connectivity index (χ0) is 14.9. The first kappa shape index (κ1) is 15.1. The maximum atomic E-state index is 6.27. The van der Waals surface area contributed by atoms with Crippen molar-refractivity contribution in [2.75, 3.05) is 6.61 Å². The summed E-state index contributed by atoms with van der Waals surface area (Å²) >= 11 is 6.03. The predicted octanol–water partition coefficient (Wildman–Crippen LogP) is 4.23. The molecule has 1 spiro atoms. The molecule has 2 fully saturated rings. The Bertz CT molecular complexity index is 498. The highest BCUT2D eigenvalue weighted by Crippen LogP contribution is 2.43. The monoisotopic (exact) mass is 309 g/mol. The van der Waals surface area contributed by atoms with E-state index in [0.29, 0.717) is 11.6 Å². The van der Waals surface area contributed by atoms with Crippen LogP contribution in [0.1, 0.15) is 57.1 Å². The largest absolute Gasteiger partial charge is 0.491 e. The molecule has 4 heteroatoms. The van der Waals surface area contributed by atoms with Crippen LogP contribution >= 0.6 is 11.6 Å². The summed E-state index contributed by atoms with van der Waals surface area (Å²) in [5.41, 5.74) is 7.11. The molecule has 2 N–H and O–H groups in total. The third-order valence-corrected chi connectivity index (χ3v) is 4.98. The fourth-order valence-corrected chi connectivity index (χ4v) is 3.77. The van der Waals surface area contributed by atoms with Crippen molar-refractivity contribution >= 4 is 11.6 Å². The number of rotatable bonds is 4. The lowest BCUT2D eigenvalue weighted by molar-refractivity contribution is -0.0509. The minimum atomic E-state index is -0.0932. The Morgan fingerprint density at radius 3 is 2.86 bits per heavy atom. The molecule has 1 saturated carbocycles. The molecule has 1 aromatic carbocycles. The topological polar surface area (TPSA) is 44.5 Å². The first-order valence-corrected chi connectivity index (χ1v) is 8.31. The lowest BCUT2D eigenvalue weighted by atomic mass is 9.98.